The Kier molecular flexibility index (Phi) is 6.82. The van der Waals surface area contributed by atoms with Gasteiger partial charge in [-0.05, 0) is 67.3 Å². The number of halogens is 1. The van der Waals surface area contributed by atoms with Gasteiger partial charge in [0.1, 0.15) is 0 Å². The Balaban J connectivity index is 1.52. The molecule has 0 aromatic heterocycles. The highest BCUT2D eigenvalue weighted by Crippen LogP contribution is 2.19. The fraction of sp³-hybridized carbons (Fsp3) is 0.300. The van der Waals surface area contributed by atoms with Crippen molar-refractivity contribution in [2.24, 2.45) is 0 Å². The fourth-order valence-electron chi connectivity index (χ4n) is 3.02. The van der Waals surface area contributed by atoms with Crippen LogP contribution in [-0.2, 0) is 0 Å². The minimum atomic E-state index is -0.231. The van der Waals surface area contributed by atoms with E-state index in [0.29, 0.717) is 5.56 Å². The van der Waals surface area contributed by atoms with E-state index in [4.69, 9.17) is 12.2 Å². The van der Waals surface area contributed by atoms with Crippen molar-refractivity contribution in [3.63, 3.8) is 0 Å². The number of hydrogen-bond donors (Lipinski definition) is 2. The number of amides is 1. The third kappa shape index (κ3) is 5.51. The van der Waals surface area contributed by atoms with Crippen molar-refractivity contribution in [3.05, 3.63) is 58.6 Å². The monoisotopic (exact) mass is 446 g/mol. The Hall–Kier alpha value is -1.96. The number of likely N-dealkylation sites (N-methyl/N-ethyl adjacent to an activating group) is 1. The first kappa shape index (κ1) is 19.8. The van der Waals surface area contributed by atoms with Crippen LogP contribution in [0.15, 0.2) is 53.0 Å². The van der Waals surface area contributed by atoms with Crippen molar-refractivity contribution in [1.29, 1.82) is 0 Å². The summed E-state index contributed by atoms with van der Waals surface area (Å²) in [6, 6.07) is 15.3. The molecule has 0 saturated carbocycles. The Morgan fingerprint density at radius 2 is 1.67 bits per heavy atom. The fourth-order valence-corrected chi connectivity index (χ4v) is 3.49. The molecule has 0 unspecified atom stereocenters. The molecule has 1 aliphatic rings. The second kappa shape index (κ2) is 9.30. The maximum absolute atomic E-state index is 12.2. The molecule has 1 fully saturated rings. The summed E-state index contributed by atoms with van der Waals surface area (Å²) in [5.41, 5.74) is 2.62. The first-order valence-electron chi connectivity index (χ1n) is 9.00. The molecule has 0 radical (unpaired) electrons. The molecule has 2 aromatic rings. The van der Waals surface area contributed by atoms with Crippen molar-refractivity contribution in [2.45, 2.75) is 6.92 Å². The van der Waals surface area contributed by atoms with Gasteiger partial charge in [-0.25, -0.2) is 0 Å². The van der Waals surface area contributed by atoms with Gasteiger partial charge in [0.25, 0.3) is 5.91 Å². The van der Waals surface area contributed by atoms with Gasteiger partial charge < -0.3 is 15.1 Å². The largest absolute Gasteiger partial charge is 0.369 e. The van der Waals surface area contributed by atoms with Crippen molar-refractivity contribution < 1.29 is 4.79 Å². The van der Waals surface area contributed by atoms with Gasteiger partial charge in [-0.15, -0.1) is 0 Å². The molecule has 3 rings (SSSR count). The van der Waals surface area contributed by atoms with Crippen LogP contribution < -0.4 is 15.5 Å². The molecular weight excluding hydrogens is 424 g/mol. The lowest BCUT2D eigenvalue weighted by molar-refractivity contribution is 0.0977. The highest BCUT2D eigenvalue weighted by atomic mass is 79.9. The maximum Gasteiger partial charge on any atom is 0.257 e. The van der Waals surface area contributed by atoms with Gasteiger partial charge in [0.05, 0.1) is 0 Å². The summed E-state index contributed by atoms with van der Waals surface area (Å²) in [5, 5.41) is 6.05. The van der Waals surface area contributed by atoms with Crippen LogP contribution in [0.4, 0.5) is 11.4 Å². The predicted molar refractivity (Wildman–Crippen MR) is 119 cm³/mol. The lowest BCUT2D eigenvalue weighted by Crippen LogP contribution is -2.46. The van der Waals surface area contributed by atoms with E-state index in [1.54, 1.807) is 12.1 Å². The molecule has 0 bridgehead atoms. The molecule has 1 heterocycles. The Morgan fingerprint density at radius 3 is 2.26 bits per heavy atom. The van der Waals surface area contributed by atoms with E-state index >= 15 is 0 Å². The lowest BCUT2D eigenvalue weighted by atomic mass is 10.2. The van der Waals surface area contributed by atoms with Gasteiger partial charge in [0.15, 0.2) is 5.11 Å². The second-order valence-electron chi connectivity index (χ2n) is 6.38. The van der Waals surface area contributed by atoms with Crippen LogP contribution in [0.3, 0.4) is 0 Å². The van der Waals surface area contributed by atoms with E-state index in [9.17, 15) is 4.79 Å². The molecule has 5 nitrogen and oxygen atoms in total. The Labute approximate surface area is 173 Å². The van der Waals surface area contributed by atoms with Gasteiger partial charge in [-0.3, -0.25) is 10.1 Å². The van der Waals surface area contributed by atoms with Crippen molar-refractivity contribution in [1.82, 2.24) is 10.2 Å². The van der Waals surface area contributed by atoms with Crippen LogP contribution in [0, 0.1) is 0 Å². The first-order valence-corrected chi connectivity index (χ1v) is 10.2. The lowest BCUT2D eigenvalue weighted by Gasteiger charge is -2.35. The Morgan fingerprint density at radius 1 is 1.04 bits per heavy atom. The Bertz CT molecular complexity index is 787. The van der Waals surface area contributed by atoms with Crippen molar-refractivity contribution in [3.8, 4) is 0 Å². The summed E-state index contributed by atoms with van der Waals surface area (Å²) < 4.78 is 0.927. The zero-order valence-electron chi connectivity index (χ0n) is 15.2. The molecule has 0 aliphatic carbocycles. The standard InChI is InChI=1S/C20H23BrN4OS/c1-2-24-11-13-25(14-12-24)18-9-7-17(8-10-18)22-20(27)23-19(26)15-3-5-16(21)6-4-15/h3-10H,2,11-14H2,1H3,(H2,22,23,26,27). The number of piperazine rings is 1. The normalized spacial score (nSPS) is 14.7. The van der Waals surface area contributed by atoms with Crippen molar-refractivity contribution >= 4 is 50.5 Å². The highest BCUT2D eigenvalue weighted by Gasteiger charge is 2.15. The van der Waals surface area contributed by atoms with Gasteiger partial charge in [-0.2, -0.15) is 0 Å². The van der Waals surface area contributed by atoms with Crippen molar-refractivity contribution in [2.75, 3.05) is 42.9 Å². The van der Waals surface area contributed by atoms with E-state index in [0.717, 1.165) is 42.9 Å². The van der Waals surface area contributed by atoms with Gasteiger partial charge in [0.2, 0.25) is 0 Å². The summed E-state index contributed by atoms with van der Waals surface area (Å²) in [6.45, 7) is 7.60. The number of rotatable bonds is 4. The van der Waals surface area contributed by atoms with Crippen LogP contribution >= 0.6 is 28.1 Å². The van der Waals surface area contributed by atoms with E-state index < -0.39 is 0 Å². The topological polar surface area (TPSA) is 47.6 Å². The number of carbonyl (C=O) groups is 1. The smallest absolute Gasteiger partial charge is 0.257 e. The minimum absolute atomic E-state index is 0.231. The van der Waals surface area contributed by atoms with E-state index in [-0.39, 0.29) is 11.0 Å². The third-order valence-corrected chi connectivity index (χ3v) is 5.38. The summed E-state index contributed by atoms with van der Waals surface area (Å²) in [5.74, 6) is -0.231. The molecule has 2 aromatic carbocycles. The van der Waals surface area contributed by atoms with Crippen LogP contribution in [0.5, 0.6) is 0 Å². The molecule has 2 N–H and O–H groups in total. The number of thiocarbonyl (C=S) groups is 1. The molecule has 0 spiro atoms. The summed E-state index contributed by atoms with van der Waals surface area (Å²) in [6.07, 6.45) is 0. The second-order valence-corrected chi connectivity index (χ2v) is 7.71. The molecule has 0 atom stereocenters. The highest BCUT2D eigenvalue weighted by molar-refractivity contribution is 9.10. The molecular formula is C20H23BrN4OS. The summed E-state index contributed by atoms with van der Waals surface area (Å²) >= 11 is 8.61. The van der Waals surface area contributed by atoms with Crippen LogP contribution in [0.1, 0.15) is 17.3 Å². The number of nitrogens with one attached hydrogen (secondary N) is 2. The number of nitrogens with zero attached hydrogens (tertiary/aromatic N) is 2. The predicted octanol–water partition coefficient (Wildman–Crippen LogP) is 3.72. The molecule has 1 saturated heterocycles. The number of carbonyl (C=O) groups excluding carboxylic acids is 1. The number of anilines is 2. The molecule has 27 heavy (non-hydrogen) atoms. The van der Waals surface area contributed by atoms with Crippen LogP contribution in [-0.4, -0.2) is 48.6 Å². The maximum atomic E-state index is 12.2. The summed E-state index contributed by atoms with van der Waals surface area (Å²) in [7, 11) is 0. The molecule has 142 valence electrons. The van der Waals surface area contributed by atoms with Gasteiger partial charge >= 0.3 is 0 Å². The van der Waals surface area contributed by atoms with E-state index in [1.807, 2.05) is 24.3 Å². The summed E-state index contributed by atoms with van der Waals surface area (Å²) in [4.78, 5) is 17.1. The zero-order chi connectivity index (χ0) is 19.2. The van der Waals surface area contributed by atoms with E-state index in [2.05, 4.69) is 55.4 Å². The van der Waals surface area contributed by atoms with Gasteiger partial charge in [-0.1, -0.05) is 22.9 Å². The first-order chi connectivity index (χ1) is 13.0. The average molecular weight is 447 g/mol. The minimum Gasteiger partial charge on any atom is -0.369 e. The third-order valence-electron chi connectivity index (χ3n) is 4.64. The molecule has 1 aliphatic heterocycles. The number of benzene rings is 2. The molecule has 7 heteroatoms. The quantitative estimate of drug-likeness (QED) is 0.700. The number of hydrogen-bond acceptors (Lipinski definition) is 4. The van der Waals surface area contributed by atoms with Crippen LogP contribution in [0.2, 0.25) is 0 Å². The average Bonchev–Trinajstić information content (AvgIpc) is 2.69. The SMILES string of the molecule is CCN1CCN(c2ccc(NC(=S)NC(=O)c3ccc(Br)cc3)cc2)CC1. The molecule has 1 amide bonds. The van der Waals surface area contributed by atoms with E-state index in [1.165, 1.54) is 5.69 Å². The van der Waals surface area contributed by atoms with Gasteiger partial charge in [0, 0.05) is 47.6 Å². The zero-order valence-corrected chi connectivity index (χ0v) is 17.6. The van der Waals surface area contributed by atoms with Crippen LogP contribution in [0.25, 0.3) is 0 Å².